The summed E-state index contributed by atoms with van der Waals surface area (Å²) < 4.78 is 15.2. The molecule has 2 aromatic carbocycles. The van der Waals surface area contributed by atoms with Crippen LogP contribution in [0, 0.1) is 29.0 Å². The molecule has 226 valence electrons. The maximum Gasteiger partial charge on any atom is 0.253 e. The Morgan fingerprint density at radius 1 is 0.953 bits per heavy atom. The van der Waals surface area contributed by atoms with Gasteiger partial charge in [-0.05, 0) is 111 Å². The molecule has 1 atom stereocenters. The molecule has 0 spiro atoms. The van der Waals surface area contributed by atoms with E-state index in [1.54, 1.807) is 12.3 Å². The van der Waals surface area contributed by atoms with E-state index in [1.807, 2.05) is 36.2 Å². The SMILES string of the molecule is CC(c1ccc(-c2cncc(O)c2)cc1F)N1CCN(c2ccc(C(=O)N(C)CC34CC5CC(CC(C5)C3)C4)cc2)CC1. The van der Waals surface area contributed by atoms with Gasteiger partial charge in [0, 0.05) is 74.4 Å². The number of aromatic nitrogens is 1. The molecule has 3 aromatic rings. The largest absolute Gasteiger partial charge is 0.506 e. The highest BCUT2D eigenvalue weighted by atomic mass is 19.1. The van der Waals surface area contributed by atoms with Crippen molar-refractivity contribution in [3.8, 4) is 16.9 Å². The summed E-state index contributed by atoms with van der Waals surface area (Å²) in [5, 5.41) is 9.73. The quantitative estimate of drug-likeness (QED) is 0.333. The molecule has 6 nitrogen and oxygen atoms in total. The Bertz CT molecular complexity index is 1450. The van der Waals surface area contributed by atoms with Crippen LogP contribution in [-0.2, 0) is 0 Å². The number of carbonyl (C=O) groups is 1. The predicted molar refractivity (Wildman–Crippen MR) is 168 cm³/mol. The number of benzene rings is 2. The number of carbonyl (C=O) groups excluding carboxylic acids is 1. The van der Waals surface area contributed by atoms with Crippen molar-refractivity contribution in [2.45, 2.75) is 51.5 Å². The van der Waals surface area contributed by atoms with E-state index in [2.05, 4.69) is 33.8 Å². The third kappa shape index (κ3) is 5.64. The maximum absolute atomic E-state index is 15.2. The lowest BCUT2D eigenvalue weighted by Gasteiger charge is -2.57. The lowest BCUT2D eigenvalue weighted by atomic mass is 9.49. The van der Waals surface area contributed by atoms with Gasteiger partial charge in [0.1, 0.15) is 11.6 Å². The zero-order valence-corrected chi connectivity index (χ0v) is 25.4. The molecule has 5 fully saturated rings. The van der Waals surface area contributed by atoms with E-state index < -0.39 is 0 Å². The van der Waals surface area contributed by atoms with Crippen molar-refractivity contribution in [2.24, 2.45) is 23.2 Å². The van der Waals surface area contributed by atoms with E-state index in [0.717, 1.165) is 61.7 Å². The highest BCUT2D eigenvalue weighted by molar-refractivity contribution is 5.94. The van der Waals surface area contributed by atoms with Crippen LogP contribution in [0.15, 0.2) is 60.9 Å². The van der Waals surface area contributed by atoms with Crippen molar-refractivity contribution in [3.05, 3.63) is 77.9 Å². The monoisotopic (exact) mass is 582 g/mol. The Labute approximate surface area is 254 Å². The van der Waals surface area contributed by atoms with Crippen molar-refractivity contribution in [2.75, 3.05) is 44.7 Å². The van der Waals surface area contributed by atoms with Gasteiger partial charge < -0.3 is 14.9 Å². The molecule has 0 radical (unpaired) electrons. The predicted octanol–water partition coefficient (Wildman–Crippen LogP) is 6.76. The second-order valence-electron chi connectivity index (χ2n) is 14.0. The molecule has 4 bridgehead atoms. The van der Waals surface area contributed by atoms with Crippen LogP contribution >= 0.6 is 0 Å². The first-order chi connectivity index (χ1) is 20.7. The van der Waals surface area contributed by atoms with Crippen LogP contribution in [-0.4, -0.2) is 65.6 Å². The maximum atomic E-state index is 15.2. The molecule has 1 saturated heterocycles. The summed E-state index contributed by atoms with van der Waals surface area (Å²) in [5.74, 6) is 2.63. The Kier molecular flexibility index (Phi) is 7.40. The Morgan fingerprint density at radius 2 is 1.60 bits per heavy atom. The van der Waals surface area contributed by atoms with Gasteiger partial charge in [-0.2, -0.15) is 0 Å². The molecule has 5 aliphatic rings. The van der Waals surface area contributed by atoms with Crippen molar-refractivity contribution < 1.29 is 14.3 Å². The molecule has 43 heavy (non-hydrogen) atoms. The van der Waals surface area contributed by atoms with Gasteiger partial charge >= 0.3 is 0 Å². The normalized spacial score (nSPS) is 27.3. The van der Waals surface area contributed by atoms with Crippen molar-refractivity contribution in [3.63, 3.8) is 0 Å². The van der Waals surface area contributed by atoms with Crippen molar-refractivity contribution in [1.82, 2.24) is 14.8 Å². The zero-order valence-electron chi connectivity index (χ0n) is 25.4. The first-order valence-electron chi connectivity index (χ1n) is 16.0. The van der Waals surface area contributed by atoms with Gasteiger partial charge in [-0.3, -0.25) is 14.7 Å². The summed E-state index contributed by atoms with van der Waals surface area (Å²) in [4.78, 5) is 24.1. The van der Waals surface area contributed by atoms with Crippen LogP contribution in [0.3, 0.4) is 0 Å². The molecule has 1 unspecified atom stereocenters. The summed E-state index contributed by atoms with van der Waals surface area (Å²) >= 11 is 0. The van der Waals surface area contributed by atoms with Gasteiger partial charge in [0.2, 0.25) is 0 Å². The number of rotatable bonds is 7. The Balaban J connectivity index is 0.943. The van der Waals surface area contributed by atoms with Crippen molar-refractivity contribution >= 4 is 11.6 Å². The summed E-state index contributed by atoms with van der Waals surface area (Å²) in [7, 11) is 2.00. The molecule has 1 aromatic heterocycles. The molecule has 8 rings (SSSR count). The molecule has 2 heterocycles. The molecule has 1 aliphatic heterocycles. The first kappa shape index (κ1) is 28.3. The topological polar surface area (TPSA) is 59.9 Å². The smallest absolute Gasteiger partial charge is 0.253 e. The second-order valence-corrected chi connectivity index (χ2v) is 14.0. The highest BCUT2D eigenvalue weighted by Gasteiger charge is 2.51. The van der Waals surface area contributed by atoms with Gasteiger partial charge in [0.05, 0.1) is 6.20 Å². The highest BCUT2D eigenvalue weighted by Crippen LogP contribution is 2.60. The summed E-state index contributed by atoms with van der Waals surface area (Å²) in [5.41, 5.74) is 4.30. The zero-order chi connectivity index (χ0) is 29.7. The molecule has 4 aliphatic carbocycles. The van der Waals surface area contributed by atoms with E-state index >= 15 is 4.39 Å². The second kappa shape index (κ2) is 11.2. The standard InChI is InChI=1S/C36H43FN4O2/c1-24(33-8-5-29(17-34(33)37)30-16-32(42)22-38-21-30)40-9-11-41(12-10-40)31-6-3-28(4-7-31)35(43)39(2)23-36-18-25-13-26(19-36)15-27(14-25)20-36/h3-8,16-17,21-22,24-27,42H,9-15,18-20,23H2,1-2H3. The number of anilines is 1. The van der Waals surface area contributed by atoms with E-state index in [0.29, 0.717) is 22.1 Å². The third-order valence-corrected chi connectivity index (χ3v) is 10.9. The summed E-state index contributed by atoms with van der Waals surface area (Å²) in [6.07, 6.45) is 11.2. The first-order valence-corrected chi connectivity index (χ1v) is 16.0. The fraction of sp³-hybridized carbons (Fsp3) is 0.500. The molecule has 1 N–H and O–H groups in total. The van der Waals surface area contributed by atoms with Crippen LogP contribution < -0.4 is 4.90 Å². The van der Waals surface area contributed by atoms with Gasteiger partial charge in [-0.15, -0.1) is 0 Å². The summed E-state index contributed by atoms with van der Waals surface area (Å²) in [6.45, 7) is 6.30. The molecule has 1 amide bonds. The number of piperazine rings is 1. The summed E-state index contributed by atoms with van der Waals surface area (Å²) in [6, 6.07) is 15.0. The fourth-order valence-electron chi connectivity index (χ4n) is 9.29. The van der Waals surface area contributed by atoms with E-state index in [1.165, 1.54) is 50.8 Å². The molecule has 4 saturated carbocycles. The lowest BCUT2D eigenvalue weighted by Crippen LogP contribution is -2.51. The Morgan fingerprint density at radius 3 is 2.21 bits per heavy atom. The molecule has 7 heteroatoms. The van der Waals surface area contributed by atoms with E-state index in [4.69, 9.17) is 0 Å². The van der Waals surface area contributed by atoms with Crippen LogP contribution in [0.5, 0.6) is 5.75 Å². The van der Waals surface area contributed by atoms with E-state index in [9.17, 15) is 9.90 Å². The number of halogens is 1. The van der Waals surface area contributed by atoms with Gasteiger partial charge in [-0.1, -0.05) is 12.1 Å². The minimum atomic E-state index is -0.246. The third-order valence-electron chi connectivity index (χ3n) is 10.9. The average Bonchev–Trinajstić information content (AvgIpc) is 2.99. The number of aromatic hydroxyl groups is 1. The lowest BCUT2D eigenvalue weighted by molar-refractivity contribution is -0.0629. The number of amides is 1. The van der Waals surface area contributed by atoms with Crippen LogP contribution in [0.4, 0.5) is 10.1 Å². The fourth-order valence-corrected chi connectivity index (χ4v) is 9.29. The van der Waals surface area contributed by atoms with Crippen LogP contribution in [0.2, 0.25) is 0 Å². The van der Waals surface area contributed by atoms with Crippen LogP contribution in [0.25, 0.3) is 11.1 Å². The van der Waals surface area contributed by atoms with Gasteiger partial charge in [0.25, 0.3) is 5.91 Å². The number of nitrogens with zero attached hydrogens (tertiary/aromatic N) is 4. The van der Waals surface area contributed by atoms with Gasteiger partial charge in [-0.25, -0.2) is 4.39 Å². The van der Waals surface area contributed by atoms with Crippen LogP contribution in [0.1, 0.15) is 67.4 Å². The minimum absolute atomic E-state index is 0.0528. The van der Waals surface area contributed by atoms with Gasteiger partial charge in [0.15, 0.2) is 0 Å². The minimum Gasteiger partial charge on any atom is -0.506 e. The number of hydrogen-bond acceptors (Lipinski definition) is 5. The number of pyridine rings is 1. The number of hydrogen-bond donors (Lipinski definition) is 1. The van der Waals surface area contributed by atoms with E-state index in [-0.39, 0.29) is 23.5 Å². The average molecular weight is 583 g/mol. The molecular weight excluding hydrogens is 539 g/mol. The van der Waals surface area contributed by atoms with Crippen molar-refractivity contribution in [1.29, 1.82) is 0 Å². The molecular formula is C36H43FN4O2. The Hall–Kier alpha value is -3.45.